The molecule has 0 N–H and O–H groups in total. The molecular weight excluding hydrogens is 1600 g/mol. The molecule has 0 bridgehead atoms. The summed E-state index contributed by atoms with van der Waals surface area (Å²) in [6, 6.07) is 187. The Balaban J connectivity index is 0.000000146. The molecule has 128 heavy (non-hydrogen) atoms. The number of furan rings is 1. The van der Waals surface area contributed by atoms with Crippen LogP contribution in [0.4, 0.5) is 34.1 Å². The molecule has 0 radical (unpaired) electrons. The zero-order valence-electron chi connectivity index (χ0n) is 70.1. The topological polar surface area (TPSA) is 29.5 Å². The molecule has 0 saturated heterocycles. The molecule has 4 aromatic heterocycles. The number of benzene rings is 20. The summed E-state index contributed by atoms with van der Waals surface area (Å²) in [5.74, 6) is 0. The van der Waals surface area contributed by atoms with Crippen molar-refractivity contribution in [2.24, 2.45) is 0 Å². The van der Waals surface area contributed by atoms with Crippen molar-refractivity contribution in [3.05, 3.63) is 510 Å². The lowest BCUT2D eigenvalue weighted by Crippen LogP contribution is -2.74. The molecule has 20 aromatic carbocycles. The molecule has 5 nitrogen and oxygen atoms in total. The lowest BCUT2D eigenvalue weighted by Gasteiger charge is -2.35. The largest absolute Gasteiger partial charge is 0.456 e. The van der Waals surface area contributed by atoms with Gasteiger partial charge in [0.25, 0.3) is 0 Å². The molecule has 0 unspecified atom stereocenters. The Morgan fingerprint density at radius 1 is 0.211 bits per heavy atom. The second kappa shape index (κ2) is 32.9. The van der Waals surface area contributed by atoms with E-state index in [0.29, 0.717) is 0 Å². The van der Waals surface area contributed by atoms with Gasteiger partial charge in [0, 0.05) is 86.6 Å². The van der Waals surface area contributed by atoms with Crippen molar-refractivity contribution in [2.45, 2.75) is 0 Å². The third-order valence-corrected chi connectivity index (χ3v) is 36.7. The van der Waals surface area contributed by atoms with Crippen molar-refractivity contribution in [3.8, 4) is 33.6 Å². The fourth-order valence-corrected chi connectivity index (χ4v) is 31.0. The van der Waals surface area contributed by atoms with Crippen LogP contribution in [-0.2, 0) is 0 Å². The first-order valence-electron chi connectivity index (χ1n) is 43.9. The molecule has 24 aromatic rings. The Morgan fingerprint density at radius 2 is 0.523 bits per heavy atom. The minimum atomic E-state index is -2.74. The van der Waals surface area contributed by atoms with Gasteiger partial charge in [0.2, 0.25) is 0 Å². The van der Waals surface area contributed by atoms with Crippen LogP contribution in [0.15, 0.2) is 514 Å². The lowest BCUT2D eigenvalue weighted by molar-refractivity contribution is 0.669. The van der Waals surface area contributed by atoms with Gasteiger partial charge in [-0.05, 0) is 197 Å². The summed E-state index contributed by atoms with van der Waals surface area (Å²) in [7, 11) is -5.47. The van der Waals surface area contributed by atoms with Crippen LogP contribution in [0.5, 0.6) is 0 Å². The number of hydrogen-bond donors (Lipinski definition) is 0. The SMILES string of the molecule is c1ccc(-n2c3ccccc3c3c(N(c4ccc(-c5ccc6c(c5)oc5ccccc56)cc4)c4ccc([Si](c5ccccc5)(c5ccccc5)c5ccccc5)cc4)cccc32)cc1.c1ccc(-n2c3ccccc3c3c(N(c4ccc(-c5cccc6c5sc5ccccc56)cc4)c4ccc([Si](c5ccccc5)(c5ccccc5)c5ccccc5)cc4)cccc32)cc1. The third-order valence-electron chi connectivity index (χ3n) is 25.9. The molecule has 24 rings (SSSR count). The van der Waals surface area contributed by atoms with Gasteiger partial charge in [0.1, 0.15) is 11.2 Å². The third kappa shape index (κ3) is 13.2. The molecule has 0 aliphatic carbocycles. The maximum Gasteiger partial charge on any atom is 0.179 e. The summed E-state index contributed by atoms with van der Waals surface area (Å²) in [5.41, 5.74) is 20.1. The number of fused-ring (bicyclic) bond motifs is 12. The van der Waals surface area contributed by atoms with Crippen LogP contribution in [0.25, 0.3) is 119 Å². The standard InChI is InChI=1S/C60H42N2OSi.C60H42N2SSi/c1-5-18-45(19-6-1)62-55-28-15-13-27-54(55)60-56(29-17-30-57(60)62)61(46-35-32-43(33-36-46)44-34-41-53-52-26-14-16-31-58(52)63-59(53)42-44)47-37-39-51(40-38-47)64(48-20-7-2-8-21-48,49-22-9-3-10-23-49)50-24-11-4-12-25-50;1-5-19-44(20-6-1)62-55-31-15-13-28-54(55)59-56(32-18-33-57(59)62)61(45-37-35-43(36-38-45)51-29-17-30-53-52-27-14-16-34-58(52)63-60(51)53)46-39-41-50(42-40-46)64(47-21-7-2-8-22-47,48-23-9-3-10-24-48)49-25-11-4-12-26-49/h2*1-42H. The lowest BCUT2D eigenvalue weighted by atomic mass is 10.0. The van der Waals surface area contributed by atoms with Crippen molar-refractivity contribution >= 4 is 189 Å². The molecule has 0 spiro atoms. The molecule has 8 heteroatoms. The summed E-state index contributed by atoms with van der Waals surface area (Å²) in [4.78, 5) is 4.91. The fourth-order valence-electron chi connectivity index (χ4n) is 20.3. The van der Waals surface area contributed by atoms with E-state index in [2.05, 4.69) is 516 Å². The van der Waals surface area contributed by atoms with Gasteiger partial charge in [-0.3, -0.25) is 0 Å². The highest BCUT2D eigenvalue weighted by atomic mass is 32.1. The van der Waals surface area contributed by atoms with Crippen molar-refractivity contribution < 1.29 is 4.42 Å². The Labute approximate surface area is 749 Å². The van der Waals surface area contributed by atoms with E-state index in [1.807, 2.05) is 23.5 Å². The summed E-state index contributed by atoms with van der Waals surface area (Å²) in [6.07, 6.45) is 0. The first kappa shape index (κ1) is 76.9. The van der Waals surface area contributed by atoms with E-state index in [9.17, 15) is 0 Å². The number of rotatable bonds is 18. The summed E-state index contributed by atoms with van der Waals surface area (Å²) in [5, 5.41) is 20.5. The molecule has 604 valence electrons. The predicted molar refractivity (Wildman–Crippen MR) is 549 cm³/mol. The fraction of sp³-hybridized carbons (Fsp3) is 0. The average Bonchev–Trinajstić information content (AvgIpc) is 1.63. The van der Waals surface area contributed by atoms with Gasteiger partial charge in [-0.25, -0.2) is 0 Å². The number of thiophene rings is 1. The number of nitrogens with zero attached hydrogens (tertiary/aromatic N) is 4. The van der Waals surface area contributed by atoms with E-state index in [4.69, 9.17) is 4.42 Å². The molecular formula is C120H84N4OSSi2. The molecule has 0 aliphatic heterocycles. The number of para-hydroxylation sites is 5. The summed E-state index contributed by atoms with van der Waals surface area (Å²) in [6.45, 7) is 0. The Kier molecular flexibility index (Phi) is 19.8. The molecule has 4 heterocycles. The van der Waals surface area contributed by atoms with Crippen molar-refractivity contribution in [2.75, 3.05) is 9.80 Å². The Morgan fingerprint density at radius 3 is 0.953 bits per heavy atom. The van der Waals surface area contributed by atoms with E-state index in [1.54, 1.807) is 0 Å². The highest BCUT2D eigenvalue weighted by Gasteiger charge is 2.43. The summed E-state index contributed by atoms with van der Waals surface area (Å²) < 4.78 is 13.8. The second-order valence-electron chi connectivity index (χ2n) is 32.9. The minimum absolute atomic E-state index is 0.895. The van der Waals surface area contributed by atoms with Gasteiger partial charge in [0.05, 0.1) is 33.4 Å². The maximum absolute atomic E-state index is 6.31. The van der Waals surface area contributed by atoms with Gasteiger partial charge in [0.15, 0.2) is 16.1 Å². The van der Waals surface area contributed by atoms with Gasteiger partial charge in [-0.15, -0.1) is 11.3 Å². The predicted octanol–water partition coefficient (Wildman–Crippen LogP) is 26.9. The highest BCUT2D eigenvalue weighted by molar-refractivity contribution is 7.26. The van der Waals surface area contributed by atoms with Crippen LogP contribution in [0, 0.1) is 0 Å². The van der Waals surface area contributed by atoms with Gasteiger partial charge >= 0.3 is 0 Å². The van der Waals surface area contributed by atoms with E-state index in [-0.39, 0.29) is 0 Å². The molecule has 0 saturated carbocycles. The van der Waals surface area contributed by atoms with E-state index in [0.717, 1.165) is 84.1 Å². The van der Waals surface area contributed by atoms with Crippen LogP contribution in [0.1, 0.15) is 0 Å². The maximum atomic E-state index is 6.31. The second-order valence-corrected chi connectivity index (χ2v) is 41.5. The quantitative estimate of drug-likeness (QED) is 0.0633. The monoisotopic (exact) mass is 1680 g/mol. The van der Waals surface area contributed by atoms with Gasteiger partial charge in [-0.1, -0.05) is 376 Å². The average molecular weight is 1690 g/mol. The van der Waals surface area contributed by atoms with Crippen molar-refractivity contribution in [3.63, 3.8) is 0 Å². The zero-order valence-corrected chi connectivity index (χ0v) is 72.9. The van der Waals surface area contributed by atoms with Crippen LogP contribution < -0.4 is 51.3 Å². The summed E-state index contributed by atoms with van der Waals surface area (Å²) >= 11 is 1.88. The number of hydrogen-bond acceptors (Lipinski definition) is 4. The minimum Gasteiger partial charge on any atom is -0.456 e. The molecule has 0 atom stereocenters. The molecule has 0 aliphatic rings. The van der Waals surface area contributed by atoms with Gasteiger partial charge in [-0.2, -0.15) is 0 Å². The van der Waals surface area contributed by atoms with Crippen molar-refractivity contribution in [1.29, 1.82) is 0 Å². The molecule has 0 amide bonds. The van der Waals surface area contributed by atoms with Crippen LogP contribution in [-0.4, -0.2) is 25.3 Å². The smallest absolute Gasteiger partial charge is 0.179 e. The first-order valence-corrected chi connectivity index (χ1v) is 48.7. The first-order chi connectivity index (χ1) is 63.5. The van der Waals surface area contributed by atoms with Crippen LogP contribution in [0.3, 0.4) is 0 Å². The highest BCUT2D eigenvalue weighted by Crippen LogP contribution is 2.48. The van der Waals surface area contributed by atoms with Crippen LogP contribution in [0.2, 0.25) is 0 Å². The zero-order chi connectivity index (χ0) is 84.9. The van der Waals surface area contributed by atoms with E-state index in [1.165, 1.54) is 111 Å². The number of aromatic nitrogens is 2. The molecule has 0 fully saturated rings. The Bertz CT molecular complexity index is 7940. The van der Waals surface area contributed by atoms with E-state index >= 15 is 0 Å². The van der Waals surface area contributed by atoms with Crippen molar-refractivity contribution in [1.82, 2.24) is 9.13 Å². The normalized spacial score (nSPS) is 11.8. The van der Waals surface area contributed by atoms with E-state index < -0.39 is 16.1 Å². The van der Waals surface area contributed by atoms with Crippen LogP contribution >= 0.6 is 11.3 Å². The number of anilines is 6. The van der Waals surface area contributed by atoms with Gasteiger partial charge < -0.3 is 23.4 Å². The Hall–Kier alpha value is -15.9.